The van der Waals surface area contributed by atoms with E-state index in [2.05, 4.69) is 25.1 Å². The predicted octanol–water partition coefficient (Wildman–Crippen LogP) is 5.15. The van der Waals surface area contributed by atoms with Gasteiger partial charge in [0.15, 0.2) is 5.82 Å². The summed E-state index contributed by atoms with van der Waals surface area (Å²) in [6.07, 6.45) is 7.43. The Balaban J connectivity index is 1.27. The van der Waals surface area contributed by atoms with Gasteiger partial charge in [-0.2, -0.15) is 15.1 Å². The molecule has 232 valence electrons. The average molecular weight is 608 g/mol. The number of aliphatic hydroxyl groups is 1. The van der Waals surface area contributed by atoms with E-state index < -0.39 is 29.8 Å². The summed E-state index contributed by atoms with van der Waals surface area (Å²) in [4.78, 5) is 17.9. The number of aromatic amines is 1. The molecule has 44 heavy (non-hydrogen) atoms. The van der Waals surface area contributed by atoms with E-state index in [4.69, 9.17) is 9.72 Å². The number of aromatic nitrogens is 5. The molecule has 3 aliphatic heterocycles. The molecule has 0 amide bonds. The van der Waals surface area contributed by atoms with Crippen molar-refractivity contribution in [2.45, 2.75) is 75.1 Å². The van der Waals surface area contributed by atoms with Crippen molar-refractivity contribution in [1.29, 1.82) is 0 Å². The first-order valence-electron chi connectivity index (χ1n) is 15.7. The van der Waals surface area contributed by atoms with Crippen LogP contribution in [0.4, 0.5) is 19.0 Å². The quantitative estimate of drug-likeness (QED) is 0.298. The molecule has 4 aromatic rings. The van der Waals surface area contributed by atoms with E-state index in [0.29, 0.717) is 55.0 Å². The van der Waals surface area contributed by atoms with Gasteiger partial charge in [0.2, 0.25) is 0 Å². The standard InChI is InChI=1S/C32H36F3N7O2/c1-18-10-23-21(13-37-40-23)25(24(18)19-4-5-19)28-26(35)27-22(12-36-28)29(41-8-3-7-32(43,15-33)16-41)39-30(38-27)44-17-31-6-2-9-42(31)14-20(34)11-31/h10,12-13,19-20,43H,2-9,11,14-17H2,1H3,(H,37,40)/t20-,31+,32-/m1/s1. The van der Waals surface area contributed by atoms with Crippen molar-refractivity contribution in [2.24, 2.45) is 0 Å². The minimum atomic E-state index is -1.53. The molecule has 4 aliphatic rings. The van der Waals surface area contributed by atoms with Crippen molar-refractivity contribution < 1.29 is 23.0 Å². The van der Waals surface area contributed by atoms with Crippen LogP contribution in [0.2, 0.25) is 0 Å². The Morgan fingerprint density at radius 2 is 1.98 bits per heavy atom. The number of halogens is 3. The molecule has 0 spiro atoms. The van der Waals surface area contributed by atoms with Crippen LogP contribution < -0.4 is 9.64 Å². The molecule has 8 rings (SSSR count). The maximum Gasteiger partial charge on any atom is 0.319 e. The fraction of sp³-hybridized carbons (Fsp3) is 0.562. The molecular weight excluding hydrogens is 571 g/mol. The van der Waals surface area contributed by atoms with Crippen LogP contribution in [0.3, 0.4) is 0 Å². The Hall–Kier alpha value is -3.51. The highest BCUT2D eigenvalue weighted by molar-refractivity contribution is 5.99. The summed E-state index contributed by atoms with van der Waals surface area (Å²) in [7, 11) is 0. The zero-order chi connectivity index (χ0) is 30.2. The number of aryl methyl sites for hydroxylation is 1. The normalized spacial score (nSPS) is 27.5. The van der Waals surface area contributed by atoms with Crippen molar-refractivity contribution in [2.75, 3.05) is 44.4 Å². The number of H-pyrrole nitrogens is 1. The van der Waals surface area contributed by atoms with Gasteiger partial charge < -0.3 is 14.7 Å². The molecule has 3 saturated heterocycles. The molecule has 4 fully saturated rings. The number of rotatable bonds is 7. The van der Waals surface area contributed by atoms with E-state index in [0.717, 1.165) is 54.3 Å². The Morgan fingerprint density at radius 1 is 1.14 bits per heavy atom. The molecule has 2 N–H and O–H groups in total. The maximum absolute atomic E-state index is 16.9. The monoisotopic (exact) mass is 607 g/mol. The topological polar surface area (TPSA) is 103 Å². The number of anilines is 1. The number of pyridine rings is 1. The van der Waals surface area contributed by atoms with E-state index in [-0.39, 0.29) is 30.4 Å². The zero-order valence-electron chi connectivity index (χ0n) is 24.8. The van der Waals surface area contributed by atoms with Crippen LogP contribution in [0.5, 0.6) is 6.01 Å². The van der Waals surface area contributed by atoms with E-state index in [1.165, 1.54) is 0 Å². The van der Waals surface area contributed by atoms with Gasteiger partial charge in [0, 0.05) is 36.7 Å². The van der Waals surface area contributed by atoms with Crippen molar-refractivity contribution >= 4 is 27.6 Å². The number of β-amino-alcohol motifs (C(OH)–C–C–N with tert-alkyl or cyclic N) is 1. The maximum atomic E-state index is 16.9. The second-order valence-electron chi connectivity index (χ2n) is 13.3. The fourth-order valence-electron chi connectivity index (χ4n) is 7.95. The summed E-state index contributed by atoms with van der Waals surface area (Å²) in [5, 5.41) is 19.2. The molecule has 1 saturated carbocycles. The van der Waals surface area contributed by atoms with Gasteiger partial charge in [-0.05, 0) is 75.1 Å². The first-order chi connectivity index (χ1) is 21.3. The largest absolute Gasteiger partial charge is 0.461 e. The number of nitrogens with one attached hydrogen (secondary N) is 1. The highest BCUT2D eigenvalue weighted by atomic mass is 19.1. The summed E-state index contributed by atoms with van der Waals surface area (Å²) >= 11 is 0. The lowest BCUT2D eigenvalue weighted by molar-refractivity contribution is 0.00302. The van der Waals surface area contributed by atoms with Crippen molar-refractivity contribution in [3.05, 3.63) is 35.4 Å². The SMILES string of the molecule is Cc1cc2[nH]ncc2c(-c2ncc3c(N4CCC[C@@](O)(CF)C4)nc(OC[C@@]45CCCN4C[C@H](F)C5)nc3c2F)c1C1CC1. The van der Waals surface area contributed by atoms with Crippen molar-refractivity contribution in [1.82, 2.24) is 30.0 Å². The Labute approximate surface area is 252 Å². The number of benzene rings is 1. The van der Waals surface area contributed by atoms with Crippen LogP contribution in [-0.4, -0.2) is 91.9 Å². The van der Waals surface area contributed by atoms with Gasteiger partial charge in [-0.3, -0.25) is 15.0 Å². The van der Waals surface area contributed by atoms with E-state index in [1.807, 2.05) is 13.0 Å². The number of hydrogen-bond donors (Lipinski definition) is 2. The van der Waals surface area contributed by atoms with Crippen molar-refractivity contribution in [3.8, 4) is 17.3 Å². The van der Waals surface area contributed by atoms with E-state index >= 15 is 4.39 Å². The summed E-state index contributed by atoms with van der Waals surface area (Å²) in [6, 6.07) is 2.02. The van der Waals surface area contributed by atoms with Gasteiger partial charge >= 0.3 is 6.01 Å². The number of fused-ring (bicyclic) bond motifs is 3. The van der Waals surface area contributed by atoms with Crippen LogP contribution >= 0.6 is 0 Å². The fourth-order valence-corrected chi connectivity index (χ4v) is 7.95. The summed E-state index contributed by atoms with van der Waals surface area (Å²) in [5.74, 6) is 0.0615. The minimum absolute atomic E-state index is 0.000972. The molecule has 3 atom stereocenters. The van der Waals surface area contributed by atoms with Gasteiger partial charge in [0.1, 0.15) is 42.1 Å². The highest BCUT2D eigenvalue weighted by Gasteiger charge is 2.49. The minimum Gasteiger partial charge on any atom is -0.461 e. The Kier molecular flexibility index (Phi) is 6.53. The predicted molar refractivity (Wildman–Crippen MR) is 160 cm³/mol. The Bertz CT molecular complexity index is 1760. The average Bonchev–Trinajstić information content (AvgIpc) is 3.48. The molecule has 0 bridgehead atoms. The third-order valence-corrected chi connectivity index (χ3v) is 10.2. The van der Waals surface area contributed by atoms with E-state index in [1.54, 1.807) is 17.3 Å². The highest BCUT2D eigenvalue weighted by Crippen LogP contribution is 2.49. The molecule has 9 nitrogen and oxygen atoms in total. The molecule has 1 aliphatic carbocycles. The molecule has 3 aromatic heterocycles. The van der Waals surface area contributed by atoms with Gasteiger partial charge in [-0.15, -0.1) is 0 Å². The van der Waals surface area contributed by atoms with Crippen LogP contribution in [0.25, 0.3) is 33.1 Å². The second-order valence-corrected chi connectivity index (χ2v) is 13.3. The van der Waals surface area contributed by atoms with Gasteiger partial charge in [-0.25, -0.2) is 13.2 Å². The number of alkyl halides is 2. The molecule has 12 heteroatoms. The molecule has 0 radical (unpaired) electrons. The van der Waals surface area contributed by atoms with E-state index in [9.17, 15) is 13.9 Å². The number of hydrogen-bond acceptors (Lipinski definition) is 8. The Morgan fingerprint density at radius 3 is 2.80 bits per heavy atom. The summed E-state index contributed by atoms with van der Waals surface area (Å²) in [6.45, 7) is 3.02. The van der Waals surface area contributed by atoms with Crippen LogP contribution in [0.1, 0.15) is 62.0 Å². The molecule has 1 aromatic carbocycles. The third-order valence-electron chi connectivity index (χ3n) is 10.2. The molecule has 0 unspecified atom stereocenters. The summed E-state index contributed by atoms with van der Waals surface area (Å²) < 4.78 is 51.5. The van der Waals surface area contributed by atoms with Gasteiger partial charge in [0.25, 0.3) is 0 Å². The van der Waals surface area contributed by atoms with Crippen molar-refractivity contribution in [3.63, 3.8) is 0 Å². The van der Waals surface area contributed by atoms with Crippen LogP contribution in [0, 0.1) is 12.7 Å². The zero-order valence-corrected chi connectivity index (χ0v) is 24.8. The summed E-state index contributed by atoms with van der Waals surface area (Å²) in [5.41, 5.74) is 1.89. The molecular formula is C32H36F3N7O2. The van der Waals surface area contributed by atoms with Gasteiger partial charge in [-0.1, -0.05) is 0 Å². The van der Waals surface area contributed by atoms with Gasteiger partial charge in [0.05, 0.1) is 29.2 Å². The van der Waals surface area contributed by atoms with Crippen LogP contribution in [0.15, 0.2) is 18.5 Å². The second kappa shape index (κ2) is 10.3. The lowest BCUT2D eigenvalue weighted by Gasteiger charge is -2.38. The first kappa shape index (κ1) is 28.0. The molecule has 6 heterocycles. The lowest BCUT2D eigenvalue weighted by atomic mass is 9.92. The smallest absolute Gasteiger partial charge is 0.319 e. The van der Waals surface area contributed by atoms with Crippen LogP contribution in [-0.2, 0) is 0 Å². The number of ether oxygens (including phenoxy) is 1. The first-order valence-corrected chi connectivity index (χ1v) is 15.7. The number of nitrogens with zero attached hydrogens (tertiary/aromatic N) is 6. The lowest BCUT2D eigenvalue weighted by Crippen LogP contribution is -2.50. The third kappa shape index (κ3) is 4.51. The number of piperidine rings is 1.